The van der Waals surface area contributed by atoms with Gasteiger partial charge in [-0.05, 0) is 30.7 Å². The molecule has 0 radical (unpaired) electrons. The predicted molar refractivity (Wildman–Crippen MR) is 89.3 cm³/mol. The minimum absolute atomic E-state index is 0.205. The van der Waals surface area contributed by atoms with Gasteiger partial charge >= 0.3 is 0 Å². The van der Waals surface area contributed by atoms with Crippen LogP contribution in [-0.4, -0.2) is 26.2 Å². The summed E-state index contributed by atoms with van der Waals surface area (Å²) in [4.78, 5) is 12.4. The molecule has 1 amide bonds. The van der Waals surface area contributed by atoms with Gasteiger partial charge in [-0.2, -0.15) is 0 Å². The minimum Gasteiger partial charge on any atom is -0.497 e. The first-order valence-electron chi connectivity index (χ1n) is 7.42. The molecule has 2 aromatic carbocycles. The van der Waals surface area contributed by atoms with Crippen molar-refractivity contribution in [3.63, 3.8) is 0 Å². The number of methoxy groups -OCH3 is 2. The molecule has 23 heavy (non-hydrogen) atoms. The summed E-state index contributed by atoms with van der Waals surface area (Å²) in [5, 5.41) is 2.84. The molecule has 1 N–H and O–H groups in total. The Bertz CT molecular complexity index is 657. The molecular weight excluding hydrogens is 294 g/mol. The Hall–Kier alpha value is -2.69. The van der Waals surface area contributed by atoms with E-state index < -0.39 is 6.10 Å². The first kappa shape index (κ1) is 16.7. The van der Waals surface area contributed by atoms with E-state index in [0.717, 1.165) is 0 Å². The van der Waals surface area contributed by atoms with E-state index in [9.17, 15) is 4.79 Å². The number of benzene rings is 2. The van der Waals surface area contributed by atoms with Crippen molar-refractivity contribution in [2.45, 2.75) is 19.4 Å². The zero-order chi connectivity index (χ0) is 16.7. The third-order valence-corrected chi connectivity index (χ3v) is 3.32. The van der Waals surface area contributed by atoms with Crippen LogP contribution in [0.5, 0.6) is 17.2 Å². The van der Waals surface area contributed by atoms with Crippen molar-refractivity contribution in [3.05, 3.63) is 48.5 Å². The summed E-state index contributed by atoms with van der Waals surface area (Å²) < 4.78 is 16.1. The Morgan fingerprint density at radius 1 is 1.00 bits per heavy atom. The summed E-state index contributed by atoms with van der Waals surface area (Å²) in [5.74, 6) is 1.76. The van der Waals surface area contributed by atoms with Crippen LogP contribution in [-0.2, 0) is 4.79 Å². The van der Waals surface area contributed by atoms with Crippen molar-refractivity contribution in [1.29, 1.82) is 0 Å². The Labute approximate surface area is 136 Å². The summed E-state index contributed by atoms with van der Waals surface area (Å²) in [6.07, 6.45) is -0.0409. The summed E-state index contributed by atoms with van der Waals surface area (Å²) >= 11 is 0. The SMILES string of the molecule is CCC(Oc1cccc(OC)c1)C(=O)Nc1cccc(OC)c1. The van der Waals surface area contributed by atoms with Crippen LogP contribution in [0, 0.1) is 0 Å². The number of carbonyl (C=O) groups is 1. The topological polar surface area (TPSA) is 56.8 Å². The van der Waals surface area contributed by atoms with Crippen LogP contribution in [0.2, 0.25) is 0 Å². The molecule has 1 atom stereocenters. The van der Waals surface area contributed by atoms with Crippen LogP contribution < -0.4 is 19.5 Å². The molecule has 0 heterocycles. The minimum atomic E-state index is -0.590. The first-order valence-corrected chi connectivity index (χ1v) is 7.42. The van der Waals surface area contributed by atoms with E-state index in [2.05, 4.69) is 5.32 Å². The molecular formula is C18H21NO4. The lowest BCUT2D eigenvalue weighted by Gasteiger charge is -2.18. The highest BCUT2D eigenvalue weighted by molar-refractivity contribution is 5.94. The molecule has 0 aliphatic heterocycles. The second kappa shape index (κ2) is 8.08. The standard InChI is InChI=1S/C18H21NO4/c1-4-17(23-16-10-6-9-15(12-16)22-3)18(20)19-13-7-5-8-14(11-13)21-2/h5-12,17H,4H2,1-3H3,(H,19,20). The fourth-order valence-corrected chi connectivity index (χ4v) is 2.08. The molecule has 0 bridgehead atoms. The molecule has 0 aliphatic rings. The lowest BCUT2D eigenvalue weighted by molar-refractivity contribution is -0.122. The predicted octanol–water partition coefficient (Wildman–Crippen LogP) is 3.50. The average molecular weight is 315 g/mol. The molecule has 0 aliphatic carbocycles. The maximum atomic E-state index is 12.4. The van der Waals surface area contributed by atoms with E-state index >= 15 is 0 Å². The molecule has 0 spiro atoms. The van der Waals surface area contributed by atoms with Crippen molar-refractivity contribution >= 4 is 11.6 Å². The van der Waals surface area contributed by atoms with Gasteiger partial charge in [-0.1, -0.05) is 19.1 Å². The van der Waals surface area contributed by atoms with Gasteiger partial charge in [0, 0.05) is 17.8 Å². The highest BCUT2D eigenvalue weighted by atomic mass is 16.5. The van der Waals surface area contributed by atoms with Crippen molar-refractivity contribution in [1.82, 2.24) is 0 Å². The van der Waals surface area contributed by atoms with Crippen molar-refractivity contribution in [2.75, 3.05) is 19.5 Å². The number of ether oxygens (including phenoxy) is 3. The monoisotopic (exact) mass is 315 g/mol. The van der Waals surface area contributed by atoms with Gasteiger partial charge in [-0.15, -0.1) is 0 Å². The largest absolute Gasteiger partial charge is 0.497 e. The number of anilines is 1. The summed E-state index contributed by atoms with van der Waals surface area (Å²) in [7, 11) is 3.17. The van der Waals surface area contributed by atoms with Crippen LogP contribution in [0.15, 0.2) is 48.5 Å². The van der Waals surface area contributed by atoms with Crippen molar-refractivity contribution in [3.8, 4) is 17.2 Å². The van der Waals surface area contributed by atoms with E-state index in [1.807, 2.05) is 31.2 Å². The number of amides is 1. The van der Waals surface area contributed by atoms with Crippen molar-refractivity contribution < 1.29 is 19.0 Å². The smallest absolute Gasteiger partial charge is 0.265 e. The molecule has 2 aromatic rings. The number of nitrogens with one attached hydrogen (secondary N) is 1. The summed E-state index contributed by atoms with van der Waals surface area (Å²) in [6.45, 7) is 1.90. The van der Waals surface area contributed by atoms with Gasteiger partial charge < -0.3 is 19.5 Å². The second-order valence-corrected chi connectivity index (χ2v) is 4.91. The van der Waals surface area contributed by atoms with E-state index in [1.54, 1.807) is 38.5 Å². The van der Waals surface area contributed by atoms with Gasteiger partial charge in [0.2, 0.25) is 0 Å². The van der Waals surface area contributed by atoms with Gasteiger partial charge in [-0.25, -0.2) is 0 Å². The van der Waals surface area contributed by atoms with E-state index in [-0.39, 0.29) is 5.91 Å². The Morgan fingerprint density at radius 2 is 1.61 bits per heavy atom. The summed E-state index contributed by atoms with van der Waals surface area (Å²) in [6, 6.07) is 14.4. The molecule has 0 aromatic heterocycles. The highest BCUT2D eigenvalue weighted by Crippen LogP contribution is 2.22. The number of rotatable bonds is 7. The number of carbonyl (C=O) groups excluding carboxylic acids is 1. The second-order valence-electron chi connectivity index (χ2n) is 4.91. The van der Waals surface area contributed by atoms with Crippen LogP contribution >= 0.6 is 0 Å². The average Bonchev–Trinajstić information content (AvgIpc) is 2.59. The maximum Gasteiger partial charge on any atom is 0.265 e. The molecule has 5 nitrogen and oxygen atoms in total. The van der Waals surface area contributed by atoms with Crippen LogP contribution in [0.4, 0.5) is 5.69 Å². The van der Waals surface area contributed by atoms with Gasteiger partial charge in [0.15, 0.2) is 6.10 Å². The molecule has 0 fully saturated rings. The lowest BCUT2D eigenvalue weighted by Crippen LogP contribution is -2.32. The maximum absolute atomic E-state index is 12.4. The molecule has 0 saturated carbocycles. The van der Waals surface area contributed by atoms with Gasteiger partial charge in [0.1, 0.15) is 17.2 Å². The lowest BCUT2D eigenvalue weighted by atomic mass is 10.2. The van der Waals surface area contributed by atoms with Gasteiger partial charge in [-0.3, -0.25) is 4.79 Å². The molecule has 122 valence electrons. The Balaban J connectivity index is 2.05. The van der Waals surface area contributed by atoms with Crippen molar-refractivity contribution in [2.24, 2.45) is 0 Å². The van der Waals surface area contributed by atoms with Crippen LogP contribution in [0.1, 0.15) is 13.3 Å². The number of hydrogen-bond donors (Lipinski definition) is 1. The van der Waals surface area contributed by atoms with E-state index in [4.69, 9.17) is 14.2 Å². The Morgan fingerprint density at radius 3 is 2.26 bits per heavy atom. The molecule has 5 heteroatoms. The first-order chi connectivity index (χ1) is 11.2. The molecule has 1 unspecified atom stereocenters. The van der Waals surface area contributed by atoms with E-state index in [0.29, 0.717) is 29.4 Å². The fourth-order valence-electron chi connectivity index (χ4n) is 2.08. The number of hydrogen-bond acceptors (Lipinski definition) is 4. The van der Waals surface area contributed by atoms with Crippen LogP contribution in [0.3, 0.4) is 0 Å². The highest BCUT2D eigenvalue weighted by Gasteiger charge is 2.19. The quantitative estimate of drug-likeness (QED) is 0.849. The van der Waals surface area contributed by atoms with Gasteiger partial charge in [0.25, 0.3) is 5.91 Å². The zero-order valence-electron chi connectivity index (χ0n) is 13.5. The van der Waals surface area contributed by atoms with Gasteiger partial charge in [0.05, 0.1) is 14.2 Å². The zero-order valence-corrected chi connectivity index (χ0v) is 13.5. The summed E-state index contributed by atoms with van der Waals surface area (Å²) in [5.41, 5.74) is 0.669. The Kier molecular flexibility index (Phi) is 5.86. The molecule has 0 saturated heterocycles. The normalized spacial score (nSPS) is 11.4. The van der Waals surface area contributed by atoms with E-state index in [1.165, 1.54) is 0 Å². The third kappa shape index (κ3) is 4.64. The molecule has 2 rings (SSSR count). The fraction of sp³-hybridized carbons (Fsp3) is 0.278. The third-order valence-electron chi connectivity index (χ3n) is 3.32. The van der Waals surface area contributed by atoms with Crippen LogP contribution in [0.25, 0.3) is 0 Å².